The third kappa shape index (κ3) is 6.74. The second kappa shape index (κ2) is 9.53. The van der Waals surface area contributed by atoms with E-state index in [1.165, 1.54) is 12.7 Å². The molecule has 0 bridgehead atoms. The van der Waals surface area contributed by atoms with Crippen molar-refractivity contribution in [1.82, 2.24) is 10.2 Å². The molecule has 0 aromatic heterocycles. The summed E-state index contributed by atoms with van der Waals surface area (Å²) in [4.78, 5) is 13.7. The minimum atomic E-state index is -0.194. The minimum Gasteiger partial charge on any atom is -0.469 e. The van der Waals surface area contributed by atoms with Crippen molar-refractivity contribution in [3.63, 3.8) is 0 Å². The molecule has 0 amide bonds. The zero-order valence-corrected chi connectivity index (χ0v) is 13.7. The van der Waals surface area contributed by atoms with Crippen LogP contribution >= 0.6 is 0 Å². The van der Waals surface area contributed by atoms with E-state index in [0.29, 0.717) is 12.5 Å². The van der Waals surface area contributed by atoms with Gasteiger partial charge < -0.3 is 15.0 Å². The first-order chi connectivity index (χ1) is 10.0. The Morgan fingerprint density at radius 2 is 1.95 bits per heavy atom. The lowest BCUT2D eigenvalue weighted by Crippen LogP contribution is -2.29. The van der Waals surface area contributed by atoms with Crippen LogP contribution < -0.4 is 5.32 Å². The topological polar surface area (TPSA) is 41.6 Å². The number of hydrogen-bond donors (Lipinski definition) is 1. The molecule has 0 fully saturated rings. The van der Waals surface area contributed by atoms with E-state index >= 15 is 0 Å². The van der Waals surface area contributed by atoms with Gasteiger partial charge in [0.1, 0.15) is 0 Å². The molecule has 0 atom stereocenters. The summed E-state index contributed by atoms with van der Waals surface area (Å²) in [5.41, 5.74) is 2.20. The first kappa shape index (κ1) is 17.7. The van der Waals surface area contributed by atoms with Gasteiger partial charge in [-0.1, -0.05) is 24.3 Å². The summed E-state index contributed by atoms with van der Waals surface area (Å²) in [7, 11) is 3.57. The summed E-state index contributed by atoms with van der Waals surface area (Å²) >= 11 is 0. The van der Waals surface area contributed by atoms with Gasteiger partial charge in [-0.15, -0.1) is 0 Å². The molecule has 1 rings (SSSR count). The fourth-order valence-electron chi connectivity index (χ4n) is 2.06. The zero-order valence-electron chi connectivity index (χ0n) is 13.7. The van der Waals surface area contributed by atoms with Crippen LogP contribution in [-0.4, -0.2) is 44.2 Å². The van der Waals surface area contributed by atoms with Crippen molar-refractivity contribution >= 4 is 5.97 Å². The van der Waals surface area contributed by atoms with E-state index in [9.17, 15) is 4.79 Å². The second-order valence-electron chi connectivity index (χ2n) is 5.63. The fourth-order valence-corrected chi connectivity index (χ4v) is 2.06. The van der Waals surface area contributed by atoms with Crippen LogP contribution in [0.15, 0.2) is 24.3 Å². The molecule has 118 valence electrons. The van der Waals surface area contributed by atoms with Crippen LogP contribution in [0.1, 0.15) is 31.4 Å². The highest BCUT2D eigenvalue weighted by molar-refractivity contribution is 5.72. The first-order valence-corrected chi connectivity index (χ1v) is 7.59. The van der Waals surface area contributed by atoms with Crippen molar-refractivity contribution in [3.05, 3.63) is 35.4 Å². The Balaban J connectivity index is 2.36. The number of carbonyl (C=O) groups is 1. The minimum absolute atomic E-state index is 0.194. The van der Waals surface area contributed by atoms with Crippen LogP contribution in [-0.2, 0) is 22.5 Å². The average Bonchev–Trinajstić information content (AvgIpc) is 2.47. The molecular formula is C17H28N2O2. The van der Waals surface area contributed by atoms with Gasteiger partial charge in [-0.3, -0.25) is 4.79 Å². The molecule has 0 aliphatic carbocycles. The van der Waals surface area contributed by atoms with Gasteiger partial charge in [0.2, 0.25) is 0 Å². The number of nitrogens with one attached hydrogen (secondary N) is 1. The van der Waals surface area contributed by atoms with E-state index < -0.39 is 0 Å². The fraction of sp³-hybridized carbons (Fsp3) is 0.588. The van der Waals surface area contributed by atoms with Gasteiger partial charge in [0.25, 0.3) is 0 Å². The molecule has 21 heavy (non-hydrogen) atoms. The molecule has 0 aliphatic rings. The Morgan fingerprint density at radius 3 is 2.57 bits per heavy atom. The molecule has 0 aliphatic heterocycles. The van der Waals surface area contributed by atoms with Gasteiger partial charge in [-0.2, -0.15) is 0 Å². The Hall–Kier alpha value is -1.39. The van der Waals surface area contributed by atoms with Gasteiger partial charge in [0.15, 0.2) is 0 Å². The molecule has 1 aromatic carbocycles. The quantitative estimate of drug-likeness (QED) is 0.560. The Kier molecular flexibility index (Phi) is 8.01. The molecule has 0 spiro atoms. The first-order valence-electron chi connectivity index (χ1n) is 7.59. The van der Waals surface area contributed by atoms with Gasteiger partial charge in [-0.25, -0.2) is 0 Å². The predicted molar refractivity (Wildman–Crippen MR) is 86.3 cm³/mol. The van der Waals surface area contributed by atoms with Crippen LogP contribution in [0.5, 0.6) is 0 Å². The third-order valence-corrected chi connectivity index (χ3v) is 3.74. The molecule has 0 saturated carbocycles. The molecule has 0 radical (unpaired) electrons. The molecule has 1 N–H and O–H groups in total. The van der Waals surface area contributed by atoms with Crippen LogP contribution in [0.4, 0.5) is 0 Å². The molecule has 0 unspecified atom stereocenters. The third-order valence-electron chi connectivity index (χ3n) is 3.74. The smallest absolute Gasteiger partial charge is 0.309 e. The maximum atomic E-state index is 11.4. The molecule has 1 aromatic rings. The number of benzene rings is 1. The van der Waals surface area contributed by atoms with Crippen molar-refractivity contribution < 1.29 is 9.53 Å². The Labute approximate surface area is 128 Å². The second-order valence-corrected chi connectivity index (χ2v) is 5.63. The van der Waals surface area contributed by atoms with Crippen LogP contribution in [0.25, 0.3) is 0 Å². The number of esters is 1. The number of hydrogen-bond acceptors (Lipinski definition) is 4. The van der Waals surface area contributed by atoms with E-state index in [2.05, 4.69) is 37.2 Å². The highest BCUT2D eigenvalue weighted by Gasteiger charge is 2.07. The summed E-state index contributed by atoms with van der Waals surface area (Å²) < 4.78 is 4.74. The van der Waals surface area contributed by atoms with Crippen LogP contribution in [0, 0.1) is 0 Å². The molecule has 4 heteroatoms. The maximum Gasteiger partial charge on any atom is 0.309 e. The molecule has 0 saturated heterocycles. The van der Waals surface area contributed by atoms with Crippen molar-refractivity contribution in [2.45, 2.75) is 39.3 Å². The van der Waals surface area contributed by atoms with E-state index in [1.54, 1.807) is 0 Å². The highest BCUT2D eigenvalue weighted by atomic mass is 16.5. The SMILES string of the molecule is COC(=O)Cc1ccccc1CNCCCN(C)C(C)C. The summed E-state index contributed by atoms with van der Waals surface area (Å²) in [5.74, 6) is -0.194. The predicted octanol–water partition coefficient (Wildman–Crippen LogP) is 2.22. The van der Waals surface area contributed by atoms with Crippen molar-refractivity contribution in [3.8, 4) is 0 Å². The van der Waals surface area contributed by atoms with E-state index in [1.807, 2.05) is 18.2 Å². The van der Waals surface area contributed by atoms with Gasteiger partial charge >= 0.3 is 5.97 Å². The van der Waals surface area contributed by atoms with Crippen molar-refractivity contribution in [1.29, 1.82) is 0 Å². The number of nitrogens with zero attached hydrogens (tertiary/aromatic N) is 1. The van der Waals surface area contributed by atoms with E-state index in [0.717, 1.165) is 31.6 Å². The highest BCUT2D eigenvalue weighted by Crippen LogP contribution is 2.10. The lowest BCUT2D eigenvalue weighted by molar-refractivity contribution is -0.139. The normalized spacial score (nSPS) is 11.1. The molecule has 0 heterocycles. The van der Waals surface area contributed by atoms with E-state index in [-0.39, 0.29) is 5.97 Å². The Bertz CT molecular complexity index is 433. The van der Waals surface area contributed by atoms with Gasteiger partial charge in [0, 0.05) is 12.6 Å². The maximum absolute atomic E-state index is 11.4. The van der Waals surface area contributed by atoms with Gasteiger partial charge in [0.05, 0.1) is 13.5 Å². The monoisotopic (exact) mass is 292 g/mol. The standard InChI is InChI=1S/C17H28N2O2/c1-14(2)19(3)11-7-10-18-13-16-9-6-5-8-15(16)12-17(20)21-4/h5-6,8-9,14,18H,7,10-13H2,1-4H3. The number of methoxy groups -OCH3 is 1. The Morgan fingerprint density at radius 1 is 1.29 bits per heavy atom. The summed E-state index contributed by atoms with van der Waals surface area (Å²) in [6, 6.07) is 8.60. The summed E-state index contributed by atoms with van der Waals surface area (Å²) in [5, 5.41) is 3.45. The largest absolute Gasteiger partial charge is 0.469 e. The van der Waals surface area contributed by atoms with Crippen LogP contribution in [0.2, 0.25) is 0 Å². The van der Waals surface area contributed by atoms with Crippen molar-refractivity contribution in [2.24, 2.45) is 0 Å². The number of ether oxygens (including phenoxy) is 1. The average molecular weight is 292 g/mol. The summed E-state index contributed by atoms with van der Waals surface area (Å²) in [6.45, 7) is 7.27. The lowest BCUT2D eigenvalue weighted by atomic mass is 10.0. The lowest BCUT2D eigenvalue weighted by Gasteiger charge is -2.20. The molecule has 4 nitrogen and oxygen atoms in total. The van der Waals surface area contributed by atoms with Gasteiger partial charge in [-0.05, 0) is 51.5 Å². The number of carbonyl (C=O) groups excluding carboxylic acids is 1. The van der Waals surface area contributed by atoms with Crippen LogP contribution in [0.3, 0.4) is 0 Å². The molecular weight excluding hydrogens is 264 g/mol. The summed E-state index contributed by atoms with van der Waals surface area (Å²) in [6.07, 6.45) is 1.46. The van der Waals surface area contributed by atoms with E-state index in [4.69, 9.17) is 4.74 Å². The number of rotatable bonds is 9. The zero-order chi connectivity index (χ0) is 15.7. The van der Waals surface area contributed by atoms with Crippen molar-refractivity contribution in [2.75, 3.05) is 27.2 Å².